The van der Waals surface area contributed by atoms with Gasteiger partial charge in [0.05, 0.1) is 12.4 Å². The summed E-state index contributed by atoms with van der Waals surface area (Å²) in [5.74, 6) is 0.860. The van der Waals surface area contributed by atoms with Gasteiger partial charge in [0.15, 0.2) is 5.75 Å². The number of aryl methyl sites for hydroxylation is 1. The zero-order valence-electron chi connectivity index (χ0n) is 12.6. The average Bonchev–Trinajstić information content (AvgIpc) is 2.86. The zero-order chi connectivity index (χ0) is 13.9. The van der Waals surface area contributed by atoms with E-state index >= 15 is 0 Å². The summed E-state index contributed by atoms with van der Waals surface area (Å²) in [4.78, 5) is 2.41. The molecule has 0 spiro atoms. The molecule has 1 heterocycles. The van der Waals surface area contributed by atoms with Crippen molar-refractivity contribution in [2.45, 2.75) is 33.7 Å². The largest absolute Gasteiger partial charge is 0.489 e. The van der Waals surface area contributed by atoms with Crippen molar-refractivity contribution >= 4 is 0 Å². The SMILES string of the molecule is CCCn1cc(OCCNCCN(CC)CC)cn1. The zero-order valence-corrected chi connectivity index (χ0v) is 12.6. The Hall–Kier alpha value is -1.07. The van der Waals surface area contributed by atoms with E-state index in [0.717, 1.165) is 51.4 Å². The Labute approximate surface area is 116 Å². The van der Waals surface area contributed by atoms with Gasteiger partial charge >= 0.3 is 0 Å². The first-order valence-electron chi connectivity index (χ1n) is 7.38. The monoisotopic (exact) mass is 268 g/mol. The first kappa shape index (κ1) is 16.0. The fourth-order valence-electron chi connectivity index (χ4n) is 1.91. The van der Waals surface area contributed by atoms with Crippen LogP contribution in [0, 0.1) is 0 Å². The number of ether oxygens (including phenoxy) is 1. The van der Waals surface area contributed by atoms with Crippen molar-refractivity contribution in [3.8, 4) is 5.75 Å². The second kappa shape index (κ2) is 9.81. The number of hydrogen-bond acceptors (Lipinski definition) is 4. The summed E-state index contributed by atoms with van der Waals surface area (Å²) in [5.41, 5.74) is 0. The van der Waals surface area contributed by atoms with Crippen molar-refractivity contribution in [1.29, 1.82) is 0 Å². The standard InChI is InChI=1S/C14H28N4O/c1-4-9-18-13-14(12-16-18)19-11-8-15-7-10-17(5-2)6-3/h12-13,15H,4-11H2,1-3H3. The van der Waals surface area contributed by atoms with Crippen molar-refractivity contribution < 1.29 is 4.74 Å². The Kier molecular flexibility index (Phi) is 8.25. The molecular formula is C14H28N4O. The van der Waals surface area contributed by atoms with Gasteiger partial charge in [-0.3, -0.25) is 4.68 Å². The molecule has 0 unspecified atom stereocenters. The second-order valence-electron chi connectivity index (χ2n) is 4.56. The van der Waals surface area contributed by atoms with Crippen LogP contribution in [-0.4, -0.2) is 54.0 Å². The molecule has 5 nitrogen and oxygen atoms in total. The molecule has 1 aromatic rings. The predicted molar refractivity (Wildman–Crippen MR) is 78.7 cm³/mol. The summed E-state index contributed by atoms with van der Waals surface area (Å²) in [6.45, 7) is 13.4. The smallest absolute Gasteiger partial charge is 0.157 e. The summed E-state index contributed by atoms with van der Waals surface area (Å²) in [5, 5.41) is 7.62. The van der Waals surface area contributed by atoms with Gasteiger partial charge in [0.1, 0.15) is 6.61 Å². The van der Waals surface area contributed by atoms with Gasteiger partial charge < -0.3 is 15.0 Å². The maximum atomic E-state index is 5.63. The molecule has 1 aromatic heterocycles. The Morgan fingerprint density at radius 1 is 1.26 bits per heavy atom. The number of nitrogens with zero attached hydrogens (tertiary/aromatic N) is 3. The highest BCUT2D eigenvalue weighted by Gasteiger charge is 1.99. The van der Waals surface area contributed by atoms with Crippen LogP contribution >= 0.6 is 0 Å². The lowest BCUT2D eigenvalue weighted by Crippen LogP contribution is -2.33. The van der Waals surface area contributed by atoms with Gasteiger partial charge in [0.2, 0.25) is 0 Å². The minimum absolute atomic E-state index is 0.691. The molecule has 0 atom stereocenters. The van der Waals surface area contributed by atoms with Crippen LogP contribution in [0.3, 0.4) is 0 Å². The molecule has 19 heavy (non-hydrogen) atoms. The molecule has 0 bridgehead atoms. The van der Waals surface area contributed by atoms with Crippen LogP contribution in [0.25, 0.3) is 0 Å². The van der Waals surface area contributed by atoms with Crippen LogP contribution in [0.2, 0.25) is 0 Å². The number of rotatable bonds is 11. The molecule has 0 aliphatic heterocycles. The summed E-state index contributed by atoms with van der Waals surface area (Å²) in [7, 11) is 0. The minimum Gasteiger partial charge on any atom is -0.489 e. The van der Waals surface area contributed by atoms with Crippen LogP contribution < -0.4 is 10.1 Å². The predicted octanol–water partition coefficient (Wildman–Crippen LogP) is 1.60. The van der Waals surface area contributed by atoms with Crippen LogP contribution in [-0.2, 0) is 6.54 Å². The number of likely N-dealkylation sites (N-methyl/N-ethyl adjacent to an activating group) is 1. The molecule has 0 amide bonds. The van der Waals surface area contributed by atoms with E-state index in [2.05, 4.69) is 36.1 Å². The highest BCUT2D eigenvalue weighted by molar-refractivity contribution is 5.11. The molecule has 0 aliphatic rings. The second-order valence-corrected chi connectivity index (χ2v) is 4.56. The maximum Gasteiger partial charge on any atom is 0.157 e. The fraction of sp³-hybridized carbons (Fsp3) is 0.786. The Morgan fingerprint density at radius 3 is 2.74 bits per heavy atom. The fourth-order valence-corrected chi connectivity index (χ4v) is 1.91. The molecule has 5 heteroatoms. The molecule has 110 valence electrons. The highest BCUT2D eigenvalue weighted by atomic mass is 16.5. The van der Waals surface area contributed by atoms with Crippen molar-refractivity contribution in [3.63, 3.8) is 0 Å². The van der Waals surface area contributed by atoms with Crippen LogP contribution in [0.4, 0.5) is 0 Å². The van der Waals surface area contributed by atoms with E-state index in [4.69, 9.17) is 4.74 Å². The third-order valence-electron chi connectivity index (χ3n) is 3.11. The summed E-state index contributed by atoms with van der Waals surface area (Å²) >= 11 is 0. The lowest BCUT2D eigenvalue weighted by atomic mass is 10.4. The Bertz CT molecular complexity index is 323. The van der Waals surface area contributed by atoms with E-state index < -0.39 is 0 Å². The van der Waals surface area contributed by atoms with Crippen molar-refractivity contribution in [1.82, 2.24) is 20.0 Å². The number of hydrogen-bond donors (Lipinski definition) is 1. The summed E-state index contributed by atoms with van der Waals surface area (Å²) in [6.07, 6.45) is 4.83. The summed E-state index contributed by atoms with van der Waals surface area (Å²) < 4.78 is 7.55. The molecule has 0 radical (unpaired) electrons. The maximum absolute atomic E-state index is 5.63. The van der Waals surface area contributed by atoms with Gasteiger partial charge in [-0.15, -0.1) is 0 Å². The van der Waals surface area contributed by atoms with E-state index in [9.17, 15) is 0 Å². The lowest BCUT2D eigenvalue weighted by Gasteiger charge is -2.17. The van der Waals surface area contributed by atoms with Gasteiger partial charge in [-0.05, 0) is 19.5 Å². The number of aromatic nitrogens is 2. The van der Waals surface area contributed by atoms with Crippen LogP contribution in [0.5, 0.6) is 5.75 Å². The Morgan fingerprint density at radius 2 is 2.05 bits per heavy atom. The van der Waals surface area contributed by atoms with Gasteiger partial charge in [-0.1, -0.05) is 20.8 Å². The van der Waals surface area contributed by atoms with E-state index in [-0.39, 0.29) is 0 Å². The topological polar surface area (TPSA) is 42.3 Å². The molecule has 1 N–H and O–H groups in total. The summed E-state index contributed by atoms with van der Waals surface area (Å²) in [6, 6.07) is 0. The van der Waals surface area contributed by atoms with E-state index in [1.165, 1.54) is 0 Å². The lowest BCUT2D eigenvalue weighted by molar-refractivity contribution is 0.285. The minimum atomic E-state index is 0.691. The molecule has 0 saturated carbocycles. The third kappa shape index (κ3) is 6.59. The molecule has 0 aromatic carbocycles. The molecule has 0 saturated heterocycles. The normalized spacial score (nSPS) is 11.2. The van der Waals surface area contributed by atoms with Gasteiger partial charge in [-0.25, -0.2) is 0 Å². The molecular weight excluding hydrogens is 240 g/mol. The molecule has 0 fully saturated rings. The first-order valence-corrected chi connectivity index (χ1v) is 7.38. The highest BCUT2D eigenvalue weighted by Crippen LogP contribution is 2.07. The van der Waals surface area contributed by atoms with Gasteiger partial charge in [-0.2, -0.15) is 5.10 Å². The quantitative estimate of drug-likeness (QED) is 0.619. The van der Waals surface area contributed by atoms with Crippen LogP contribution in [0.1, 0.15) is 27.2 Å². The van der Waals surface area contributed by atoms with Crippen molar-refractivity contribution in [2.75, 3.05) is 39.3 Å². The third-order valence-corrected chi connectivity index (χ3v) is 3.11. The number of nitrogens with one attached hydrogen (secondary N) is 1. The van der Waals surface area contributed by atoms with E-state index in [1.54, 1.807) is 6.20 Å². The van der Waals surface area contributed by atoms with Gasteiger partial charge in [0.25, 0.3) is 0 Å². The average molecular weight is 268 g/mol. The Balaban J connectivity index is 2.03. The van der Waals surface area contributed by atoms with Crippen LogP contribution in [0.15, 0.2) is 12.4 Å². The van der Waals surface area contributed by atoms with E-state index in [1.807, 2.05) is 10.9 Å². The first-order chi connectivity index (χ1) is 9.30. The molecule has 0 aliphatic carbocycles. The van der Waals surface area contributed by atoms with Gasteiger partial charge in [0, 0.05) is 26.2 Å². The molecule has 1 rings (SSSR count). The van der Waals surface area contributed by atoms with E-state index in [0.29, 0.717) is 6.61 Å². The van der Waals surface area contributed by atoms with Crippen molar-refractivity contribution in [3.05, 3.63) is 12.4 Å². The van der Waals surface area contributed by atoms with Crippen molar-refractivity contribution in [2.24, 2.45) is 0 Å².